The van der Waals surface area contributed by atoms with Crippen LogP contribution in [0.4, 0.5) is 4.39 Å². The minimum atomic E-state index is -0.905. The molecule has 184 valence electrons. The highest BCUT2D eigenvalue weighted by molar-refractivity contribution is 7.99. The molecule has 0 aliphatic heterocycles. The van der Waals surface area contributed by atoms with Gasteiger partial charge in [-0.15, -0.1) is 18.1 Å². The molecular weight excluding hydrogens is 469 g/mol. The van der Waals surface area contributed by atoms with Crippen LogP contribution in [0.15, 0.2) is 82.7 Å². The van der Waals surface area contributed by atoms with Crippen LogP contribution >= 0.6 is 11.8 Å². The zero-order valence-corrected chi connectivity index (χ0v) is 20.9. The lowest BCUT2D eigenvalue weighted by molar-refractivity contribution is -0.125. The third-order valence-electron chi connectivity index (χ3n) is 4.30. The van der Waals surface area contributed by atoms with Crippen LogP contribution in [-0.2, 0) is 9.59 Å². The van der Waals surface area contributed by atoms with Gasteiger partial charge < -0.3 is 9.84 Å². The Morgan fingerprint density at radius 2 is 1.57 bits per heavy atom. The molecule has 0 aliphatic rings. The van der Waals surface area contributed by atoms with Crippen LogP contribution in [0.25, 0.3) is 0 Å². The summed E-state index contributed by atoms with van der Waals surface area (Å²) in [5.74, 6) is 0.119. The zero-order chi connectivity index (χ0) is 26.5. The standard InChI is InChI=1S/C21H19FO2S.C4H5NO3.C2H4/c1-13-10-14(2)21(15(3)11-13)24-17-6-9-19(23)20(12-17)25-18-7-4-16(22)5-8-18;1-3(6)2-4(7)5-8;1-2/h4-12,23H,1-3H3;2H2,1H3;1-2H2. The minimum Gasteiger partial charge on any atom is -0.507 e. The van der Waals surface area contributed by atoms with Gasteiger partial charge in [-0.05, 0) is 81.3 Å². The largest absolute Gasteiger partial charge is 0.507 e. The van der Waals surface area contributed by atoms with Crippen molar-refractivity contribution in [1.29, 1.82) is 0 Å². The van der Waals surface area contributed by atoms with E-state index in [0.29, 0.717) is 10.6 Å². The molecule has 3 aromatic rings. The Bertz CT molecular complexity index is 1160. The fourth-order valence-electron chi connectivity index (χ4n) is 2.96. The number of ketones is 1. The monoisotopic (exact) mass is 497 g/mol. The van der Waals surface area contributed by atoms with Crippen molar-refractivity contribution >= 4 is 23.5 Å². The number of benzene rings is 3. The zero-order valence-electron chi connectivity index (χ0n) is 20.1. The van der Waals surface area contributed by atoms with E-state index in [1.807, 2.05) is 19.0 Å². The van der Waals surface area contributed by atoms with Gasteiger partial charge in [-0.3, -0.25) is 9.59 Å². The van der Waals surface area contributed by atoms with Crippen molar-refractivity contribution < 1.29 is 23.8 Å². The molecule has 0 bridgehead atoms. The van der Waals surface area contributed by atoms with E-state index < -0.39 is 5.91 Å². The molecule has 0 aromatic heterocycles. The minimum absolute atomic E-state index is 0.166. The molecule has 0 saturated carbocycles. The van der Waals surface area contributed by atoms with Gasteiger partial charge in [-0.25, -0.2) is 4.39 Å². The highest BCUT2D eigenvalue weighted by Crippen LogP contribution is 2.38. The van der Waals surface area contributed by atoms with Crippen LogP contribution in [0.2, 0.25) is 0 Å². The molecule has 1 amide bonds. The summed E-state index contributed by atoms with van der Waals surface area (Å²) in [6.07, 6.45) is -0.372. The van der Waals surface area contributed by atoms with Crippen molar-refractivity contribution in [3.8, 4) is 17.2 Å². The SMILES string of the molecule is C=C.CC(=O)CC(=O)N=O.Cc1cc(C)c(Oc2ccc(O)c(Sc3ccc(F)cc3)c2)c(C)c1. The Kier molecular flexibility index (Phi) is 12.1. The number of rotatable bonds is 6. The molecule has 6 nitrogen and oxygen atoms in total. The molecule has 35 heavy (non-hydrogen) atoms. The van der Waals surface area contributed by atoms with Gasteiger partial charge in [0.2, 0.25) is 0 Å². The molecule has 3 aromatic carbocycles. The topological polar surface area (TPSA) is 93.0 Å². The van der Waals surface area contributed by atoms with E-state index in [4.69, 9.17) is 4.74 Å². The maximum Gasteiger partial charge on any atom is 0.293 e. The molecule has 0 unspecified atom stereocenters. The van der Waals surface area contributed by atoms with Gasteiger partial charge >= 0.3 is 0 Å². The number of hydrogen-bond acceptors (Lipinski definition) is 6. The summed E-state index contributed by atoms with van der Waals surface area (Å²) in [4.78, 5) is 30.7. The van der Waals surface area contributed by atoms with Crippen LogP contribution in [0.3, 0.4) is 0 Å². The summed E-state index contributed by atoms with van der Waals surface area (Å²) < 4.78 is 19.1. The van der Waals surface area contributed by atoms with E-state index in [2.05, 4.69) is 32.2 Å². The summed E-state index contributed by atoms with van der Waals surface area (Å²) in [5.41, 5.74) is 3.33. The number of phenols is 1. The predicted molar refractivity (Wildman–Crippen MR) is 137 cm³/mol. The van der Waals surface area contributed by atoms with Crippen LogP contribution in [0.1, 0.15) is 30.0 Å². The lowest BCUT2D eigenvalue weighted by Gasteiger charge is -2.14. The maximum absolute atomic E-state index is 13.0. The molecule has 3 rings (SSSR count). The fourth-order valence-corrected chi connectivity index (χ4v) is 3.83. The summed E-state index contributed by atoms with van der Waals surface area (Å²) in [7, 11) is 0. The number of nitroso groups, excluding NO2 is 1. The summed E-state index contributed by atoms with van der Waals surface area (Å²) in [6, 6.07) is 15.5. The average molecular weight is 498 g/mol. The maximum atomic E-state index is 13.0. The highest BCUT2D eigenvalue weighted by atomic mass is 32.2. The average Bonchev–Trinajstić information content (AvgIpc) is 2.81. The van der Waals surface area contributed by atoms with Crippen molar-refractivity contribution in [2.75, 3.05) is 0 Å². The molecule has 0 spiro atoms. The van der Waals surface area contributed by atoms with Gasteiger partial charge in [0.25, 0.3) is 5.91 Å². The van der Waals surface area contributed by atoms with Crippen molar-refractivity contribution in [2.24, 2.45) is 5.18 Å². The summed E-state index contributed by atoms with van der Waals surface area (Å²) in [6.45, 7) is 13.3. The number of nitrogens with zero attached hydrogens (tertiary/aromatic N) is 1. The molecule has 0 radical (unpaired) electrons. The van der Waals surface area contributed by atoms with Crippen LogP contribution in [0, 0.1) is 31.5 Å². The smallest absolute Gasteiger partial charge is 0.293 e. The molecule has 8 heteroatoms. The Hall–Kier alpha value is -3.78. The third kappa shape index (κ3) is 9.93. The van der Waals surface area contributed by atoms with Crippen LogP contribution in [0.5, 0.6) is 17.2 Å². The Morgan fingerprint density at radius 1 is 1.00 bits per heavy atom. The molecule has 1 N–H and O–H groups in total. The quantitative estimate of drug-likeness (QED) is 0.216. The predicted octanol–water partition coefficient (Wildman–Crippen LogP) is 7.46. The first-order valence-electron chi connectivity index (χ1n) is 10.5. The number of Topliss-reactive ketones (excluding diaryl/α,β-unsaturated/α-hetero) is 1. The van der Waals surface area contributed by atoms with E-state index in [1.54, 1.807) is 30.3 Å². The van der Waals surface area contributed by atoms with Gasteiger partial charge in [0.1, 0.15) is 28.8 Å². The Labute approximate surface area is 208 Å². The number of phenolic OH excluding ortho intramolecular Hbond substituents is 1. The van der Waals surface area contributed by atoms with Crippen LogP contribution in [-0.4, -0.2) is 16.8 Å². The number of hydrogen-bond donors (Lipinski definition) is 1. The number of aromatic hydroxyl groups is 1. The second-order valence-corrected chi connectivity index (χ2v) is 8.49. The fraction of sp³-hybridized carbons (Fsp3) is 0.185. The van der Waals surface area contributed by atoms with Crippen molar-refractivity contribution in [3.63, 3.8) is 0 Å². The van der Waals surface area contributed by atoms with Crippen molar-refractivity contribution in [3.05, 3.63) is 95.2 Å². The number of amides is 1. The number of ether oxygens (including phenoxy) is 1. The number of carbonyl (C=O) groups is 2. The molecule has 0 heterocycles. The van der Waals surface area contributed by atoms with E-state index in [1.165, 1.54) is 36.4 Å². The highest BCUT2D eigenvalue weighted by Gasteiger charge is 2.10. The van der Waals surface area contributed by atoms with E-state index >= 15 is 0 Å². The van der Waals surface area contributed by atoms with Gasteiger partial charge in [-0.2, -0.15) is 0 Å². The van der Waals surface area contributed by atoms with Gasteiger partial charge in [0.15, 0.2) is 0 Å². The number of aryl methyl sites for hydroxylation is 3. The summed E-state index contributed by atoms with van der Waals surface area (Å²) in [5, 5.41) is 12.1. The Balaban J connectivity index is 0.000000523. The van der Waals surface area contributed by atoms with E-state index in [-0.39, 0.29) is 23.8 Å². The first kappa shape index (κ1) is 29.3. The molecule has 0 saturated heterocycles. The second kappa shape index (κ2) is 14.5. The Morgan fingerprint density at radius 3 is 2.06 bits per heavy atom. The first-order valence-corrected chi connectivity index (χ1v) is 11.3. The number of carbonyl (C=O) groups excluding carboxylic acids is 2. The van der Waals surface area contributed by atoms with Gasteiger partial charge in [0.05, 0.1) is 11.3 Å². The molecule has 0 aliphatic carbocycles. The molecular formula is C27H28FNO5S. The number of halogens is 1. The molecule has 0 atom stereocenters. The van der Waals surface area contributed by atoms with Crippen molar-refractivity contribution in [2.45, 2.75) is 43.9 Å². The lowest BCUT2D eigenvalue weighted by Crippen LogP contribution is -1.98. The first-order chi connectivity index (χ1) is 16.6. The third-order valence-corrected chi connectivity index (χ3v) is 5.35. The van der Waals surface area contributed by atoms with Gasteiger partial charge in [-0.1, -0.05) is 29.5 Å². The molecule has 0 fully saturated rings. The summed E-state index contributed by atoms with van der Waals surface area (Å²) >= 11 is 1.36. The lowest BCUT2D eigenvalue weighted by atomic mass is 10.1. The van der Waals surface area contributed by atoms with E-state index in [0.717, 1.165) is 21.8 Å². The van der Waals surface area contributed by atoms with Crippen LogP contribution < -0.4 is 4.74 Å². The second-order valence-electron chi connectivity index (χ2n) is 7.38. The normalized spacial score (nSPS) is 9.63. The van der Waals surface area contributed by atoms with Gasteiger partial charge in [0, 0.05) is 10.1 Å². The van der Waals surface area contributed by atoms with Crippen molar-refractivity contribution in [1.82, 2.24) is 0 Å². The van der Waals surface area contributed by atoms with E-state index in [9.17, 15) is 24.0 Å².